The van der Waals surface area contributed by atoms with E-state index in [0.29, 0.717) is 18.0 Å². The molecule has 0 spiro atoms. The second kappa shape index (κ2) is 10.1. The van der Waals surface area contributed by atoms with Crippen LogP contribution in [0.1, 0.15) is 4.88 Å². The predicted molar refractivity (Wildman–Crippen MR) is 95.8 cm³/mol. The molecule has 2 rings (SSSR count). The van der Waals surface area contributed by atoms with Gasteiger partial charge in [0.15, 0.2) is 18.1 Å². The number of ether oxygens (including phenoxy) is 3. The van der Waals surface area contributed by atoms with Crippen molar-refractivity contribution in [2.45, 2.75) is 0 Å². The molecule has 7 heteroatoms. The van der Waals surface area contributed by atoms with Crippen molar-refractivity contribution in [3.63, 3.8) is 0 Å². The number of hydrogen-bond donors (Lipinski definition) is 1. The Morgan fingerprint density at radius 1 is 1.16 bits per heavy atom. The first-order valence-electron chi connectivity index (χ1n) is 7.60. The molecule has 0 unspecified atom stereocenters. The van der Waals surface area contributed by atoms with E-state index in [0.717, 1.165) is 4.88 Å². The molecule has 1 aromatic heterocycles. The average molecular weight is 361 g/mol. The van der Waals surface area contributed by atoms with E-state index in [1.165, 1.54) is 17.4 Å². The van der Waals surface area contributed by atoms with Crippen molar-refractivity contribution >= 4 is 29.3 Å². The summed E-state index contributed by atoms with van der Waals surface area (Å²) >= 11 is 1.51. The number of hydrogen-bond acceptors (Lipinski definition) is 6. The molecule has 25 heavy (non-hydrogen) atoms. The Bertz CT molecular complexity index is 712. The number of para-hydroxylation sites is 2. The lowest BCUT2D eigenvalue weighted by atomic mass is 10.3. The van der Waals surface area contributed by atoms with Crippen molar-refractivity contribution in [3.8, 4) is 11.5 Å². The molecule has 1 N–H and O–H groups in total. The molecule has 1 aromatic carbocycles. The molecule has 0 radical (unpaired) electrons. The zero-order valence-corrected chi connectivity index (χ0v) is 14.6. The maximum atomic E-state index is 11.6. The number of esters is 1. The van der Waals surface area contributed by atoms with Gasteiger partial charge in [-0.2, -0.15) is 0 Å². The van der Waals surface area contributed by atoms with Gasteiger partial charge in [-0.3, -0.25) is 4.79 Å². The molecule has 0 saturated carbocycles. The Morgan fingerprint density at radius 2 is 1.96 bits per heavy atom. The molecule has 0 aliphatic rings. The highest BCUT2D eigenvalue weighted by Crippen LogP contribution is 2.25. The van der Waals surface area contributed by atoms with Crippen LogP contribution in [0, 0.1) is 0 Å². The van der Waals surface area contributed by atoms with E-state index < -0.39 is 5.97 Å². The van der Waals surface area contributed by atoms with Crippen LogP contribution >= 0.6 is 11.3 Å². The number of benzene rings is 1. The summed E-state index contributed by atoms with van der Waals surface area (Å²) in [5, 5.41) is 4.52. The maximum absolute atomic E-state index is 11.6. The summed E-state index contributed by atoms with van der Waals surface area (Å²) in [4.78, 5) is 24.1. The van der Waals surface area contributed by atoms with Gasteiger partial charge >= 0.3 is 5.97 Å². The lowest BCUT2D eigenvalue weighted by molar-refractivity contribution is -0.143. The van der Waals surface area contributed by atoms with Gasteiger partial charge in [-0.05, 0) is 29.7 Å². The largest absolute Gasteiger partial charge is 0.493 e. The standard InChI is InChI=1S/C18H19NO5S/c1-22-15-6-2-3-7-16(15)23-11-10-19-17(20)13-24-18(21)9-8-14-5-4-12-25-14/h2-9,12H,10-11,13H2,1H3,(H,19,20)/b9-8+. The number of thiophene rings is 1. The molecule has 0 fully saturated rings. The van der Waals surface area contributed by atoms with Gasteiger partial charge in [0.1, 0.15) is 6.61 Å². The fourth-order valence-electron chi connectivity index (χ4n) is 1.86. The van der Waals surface area contributed by atoms with Gasteiger partial charge in [0.25, 0.3) is 5.91 Å². The molecule has 0 aliphatic carbocycles. The maximum Gasteiger partial charge on any atom is 0.331 e. The lowest BCUT2D eigenvalue weighted by Gasteiger charge is -2.10. The number of nitrogens with one attached hydrogen (secondary N) is 1. The molecule has 1 heterocycles. The van der Waals surface area contributed by atoms with Crippen LogP contribution in [-0.4, -0.2) is 38.7 Å². The zero-order valence-electron chi connectivity index (χ0n) is 13.8. The van der Waals surface area contributed by atoms with Crippen molar-refractivity contribution in [2.75, 3.05) is 26.9 Å². The Morgan fingerprint density at radius 3 is 2.68 bits per heavy atom. The quantitative estimate of drug-likeness (QED) is 0.422. The first-order valence-corrected chi connectivity index (χ1v) is 8.48. The molecule has 132 valence electrons. The predicted octanol–water partition coefficient (Wildman–Crippen LogP) is 2.51. The third kappa shape index (κ3) is 6.68. The van der Waals surface area contributed by atoms with E-state index in [1.54, 1.807) is 25.3 Å². The van der Waals surface area contributed by atoms with E-state index in [4.69, 9.17) is 14.2 Å². The van der Waals surface area contributed by atoms with Gasteiger partial charge in [0, 0.05) is 11.0 Å². The van der Waals surface area contributed by atoms with Gasteiger partial charge in [0.2, 0.25) is 0 Å². The smallest absolute Gasteiger partial charge is 0.331 e. The van der Waals surface area contributed by atoms with E-state index in [1.807, 2.05) is 29.6 Å². The van der Waals surface area contributed by atoms with Gasteiger partial charge in [-0.1, -0.05) is 18.2 Å². The number of carbonyl (C=O) groups excluding carboxylic acids is 2. The van der Waals surface area contributed by atoms with Crippen LogP contribution < -0.4 is 14.8 Å². The Kier molecular flexibility index (Phi) is 7.52. The second-order valence-electron chi connectivity index (χ2n) is 4.81. The van der Waals surface area contributed by atoms with Crippen LogP contribution in [-0.2, 0) is 14.3 Å². The Balaban J connectivity index is 1.61. The summed E-state index contributed by atoms with van der Waals surface area (Å²) in [6.07, 6.45) is 2.94. The minimum Gasteiger partial charge on any atom is -0.493 e. The van der Waals surface area contributed by atoms with E-state index in [-0.39, 0.29) is 19.1 Å². The third-order valence-electron chi connectivity index (χ3n) is 3.02. The summed E-state index contributed by atoms with van der Waals surface area (Å²) in [6.45, 7) is 0.236. The number of amides is 1. The molecule has 0 bridgehead atoms. The average Bonchev–Trinajstić information content (AvgIpc) is 3.15. The highest BCUT2D eigenvalue weighted by atomic mass is 32.1. The number of carbonyl (C=O) groups is 2. The molecular weight excluding hydrogens is 342 g/mol. The van der Waals surface area contributed by atoms with Crippen molar-refractivity contribution in [2.24, 2.45) is 0 Å². The normalized spacial score (nSPS) is 10.4. The van der Waals surface area contributed by atoms with Gasteiger partial charge in [-0.15, -0.1) is 11.3 Å². The van der Waals surface area contributed by atoms with Crippen LogP contribution in [0.15, 0.2) is 47.9 Å². The molecular formula is C18H19NO5S. The summed E-state index contributed by atoms with van der Waals surface area (Å²) in [6, 6.07) is 11.0. The van der Waals surface area contributed by atoms with Crippen molar-refractivity contribution in [3.05, 3.63) is 52.7 Å². The van der Waals surface area contributed by atoms with Crippen LogP contribution in [0.4, 0.5) is 0 Å². The number of rotatable bonds is 9. The molecule has 0 saturated heterocycles. The first kappa shape index (κ1) is 18.5. The monoisotopic (exact) mass is 361 g/mol. The first-order chi connectivity index (χ1) is 12.2. The molecule has 6 nitrogen and oxygen atoms in total. The van der Waals surface area contributed by atoms with Crippen molar-refractivity contribution < 1.29 is 23.8 Å². The van der Waals surface area contributed by atoms with E-state index in [2.05, 4.69) is 5.32 Å². The molecule has 0 atom stereocenters. The molecule has 2 aromatic rings. The fourth-order valence-corrected chi connectivity index (χ4v) is 2.48. The third-order valence-corrected chi connectivity index (χ3v) is 3.86. The fraction of sp³-hybridized carbons (Fsp3) is 0.222. The summed E-state index contributed by atoms with van der Waals surface area (Å²) < 4.78 is 15.5. The molecule has 1 amide bonds. The summed E-state index contributed by atoms with van der Waals surface area (Å²) in [5.41, 5.74) is 0. The van der Waals surface area contributed by atoms with E-state index >= 15 is 0 Å². The van der Waals surface area contributed by atoms with Crippen LogP contribution in [0.25, 0.3) is 6.08 Å². The Labute approximate surface area is 150 Å². The SMILES string of the molecule is COc1ccccc1OCCNC(=O)COC(=O)/C=C/c1cccs1. The van der Waals surface area contributed by atoms with Gasteiger partial charge in [0.05, 0.1) is 13.7 Å². The van der Waals surface area contributed by atoms with Gasteiger partial charge in [-0.25, -0.2) is 4.79 Å². The molecule has 0 aliphatic heterocycles. The van der Waals surface area contributed by atoms with Crippen LogP contribution in [0.3, 0.4) is 0 Å². The van der Waals surface area contributed by atoms with Gasteiger partial charge < -0.3 is 19.5 Å². The van der Waals surface area contributed by atoms with Crippen molar-refractivity contribution in [1.82, 2.24) is 5.32 Å². The van der Waals surface area contributed by atoms with Crippen LogP contribution in [0.5, 0.6) is 11.5 Å². The second-order valence-corrected chi connectivity index (χ2v) is 5.79. The highest BCUT2D eigenvalue weighted by molar-refractivity contribution is 7.10. The minimum absolute atomic E-state index is 0.276. The minimum atomic E-state index is -0.561. The number of methoxy groups -OCH3 is 1. The van der Waals surface area contributed by atoms with Crippen LogP contribution in [0.2, 0.25) is 0 Å². The highest BCUT2D eigenvalue weighted by Gasteiger charge is 2.06. The van der Waals surface area contributed by atoms with Crippen molar-refractivity contribution in [1.29, 1.82) is 0 Å². The topological polar surface area (TPSA) is 73.9 Å². The summed E-state index contributed by atoms with van der Waals surface area (Å²) in [5.74, 6) is 0.278. The lowest BCUT2D eigenvalue weighted by Crippen LogP contribution is -2.31. The Hall–Kier alpha value is -2.80. The summed E-state index contributed by atoms with van der Waals surface area (Å²) in [7, 11) is 1.56. The van der Waals surface area contributed by atoms with E-state index in [9.17, 15) is 9.59 Å². The zero-order chi connectivity index (χ0) is 17.9.